The number of benzene rings is 2. The van der Waals surface area contributed by atoms with E-state index in [9.17, 15) is 4.79 Å². The number of urea groups is 1. The van der Waals surface area contributed by atoms with Crippen LogP contribution in [0.2, 0.25) is 0 Å². The fraction of sp³-hybridized carbons (Fsp3) is 0.316. The normalized spacial score (nSPS) is 18.7. The van der Waals surface area contributed by atoms with Gasteiger partial charge in [-0.25, -0.2) is 4.79 Å². The van der Waals surface area contributed by atoms with Crippen molar-refractivity contribution in [2.24, 2.45) is 0 Å². The molecule has 2 aliphatic heterocycles. The van der Waals surface area contributed by atoms with Crippen LogP contribution in [0.15, 0.2) is 48.5 Å². The highest BCUT2D eigenvalue weighted by molar-refractivity contribution is 5.74. The van der Waals surface area contributed by atoms with Crippen LogP contribution in [0.25, 0.3) is 0 Å². The molecule has 0 radical (unpaired) electrons. The first-order valence-corrected chi connectivity index (χ1v) is 8.26. The first-order valence-electron chi connectivity index (χ1n) is 8.26. The third-order valence-electron chi connectivity index (χ3n) is 4.63. The summed E-state index contributed by atoms with van der Waals surface area (Å²) in [6.07, 6.45) is 0.971. The number of hydrogen-bond donors (Lipinski definition) is 1. The van der Waals surface area contributed by atoms with Crippen LogP contribution in [0.4, 0.5) is 4.79 Å². The number of likely N-dealkylation sites (tertiary alicyclic amines) is 1. The Morgan fingerprint density at radius 1 is 1.12 bits per heavy atom. The van der Waals surface area contributed by atoms with E-state index in [2.05, 4.69) is 11.4 Å². The van der Waals surface area contributed by atoms with Gasteiger partial charge in [0.15, 0.2) is 11.5 Å². The Labute approximate surface area is 141 Å². The van der Waals surface area contributed by atoms with Crippen molar-refractivity contribution in [3.8, 4) is 11.5 Å². The van der Waals surface area contributed by atoms with Crippen molar-refractivity contribution in [1.82, 2.24) is 10.2 Å². The van der Waals surface area contributed by atoms with Gasteiger partial charge in [0, 0.05) is 25.6 Å². The summed E-state index contributed by atoms with van der Waals surface area (Å²) in [6, 6.07) is 16.0. The zero-order valence-corrected chi connectivity index (χ0v) is 13.4. The maximum atomic E-state index is 12.4. The SMILES string of the molecule is O=C(NCc1ccccc1)N1CCC(c2ccc3c(c2)OCO3)C1. The number of rotatable bonds is 3. The molecule has 124 valence electrons. The quantitative estimate of drug-likeness (QED) is 0.944. The summed E-state index contributed by atoms with van der Waals surface area (Å²) >= 11 is 0. The van der Waals surface area contributed by atoms with Crippen LogP contribution < -0.4 is 14.8 Å². The topological polar surface area (TPSA) is 50.8 Å². The molecule has 2 amide bonds. The van der Waals surface area contributed by atoms with Crippen molar-refractivity contribution in [3.05, 3.63) is 59.7 Å². The highest BCUT2D eigenvalue weighted by atomic mass is 16.7. The first-order chi connectivity index (χ1) is 11.8. The molecule has 4 rings (SSSR count). The van der Waals surface area contributed by atoms with Crippen LogP contribution in [0.1, 0.15) is 23.5 Å². The maximum Gasteiger partial charge on any atom is 0.317 e. The van der Waals surface area contributed by atoms with Gasteiger partial charge in [0.2, 0.25) is 6.79 Å². The van der Waals surface area contributed by atoms with Crippen LogP contribution in [-0.2, 0) is 6.54 Å². The number of amides is 2. The molecule has 1 saturated heterocycles. The lowest BCUT2D eigenvalue weighted by Gasteiger charge is -2.17. The lowest BCUT2D eigenvalue weighted by Crippen LogP contribution is -2.37. The number of ether oxygens (including phenoxy) is 2. The Kier molecular flexibility index (Phi) is 3.99. The Balaban J connectivity index is 1.35. The molecule has 0 saturated carbocycles. The highest BCUT2D eigenvalue weighted by Gasteiger charge is 2.28. The molecule has 2 aromatic rings. The third kappa shape index (κ3) is 3.02. The van der Waals surface area contributed by atoms with E-state index in [0.29, 0.717) is 12.5 Å². The number of carbonyl (C=O) groups excluding carboxylic acids is 1. The molecule has 1 N–H and O–H groups in total. The highest BCUT2D eigenvalue weighted by Crippen LogP contribution is 2.37. The van der Waals surface area contributed by atoms with E-state index in [1.807, 2.05) is 47.4 Å². The summed E-state index contributed by atoms with van der Waals surface area (Å²) in [5.41, 5.74) is 2.31. The molecule has 1 atom stereocenters. The lowest BCUT2D eigenvalue weighted by molar-refractivity contribution is 0.174. The van der Waals surface area contributed by atoms with E-state index in [-0.39, 0.29) is 12.8 Å². The monoisotopic (exact) mass is 324 g/mol. The van der Waals surface area contributed by atoms with Crippen LogP contribution in [0, 0.1) is 0 Å². The first kappa shape index (κ1) is 14.9. The van der Waals surface area contributed by atoms with E-state index in [1.54, 1.807) is 0 Å². The van der Waals surface area contributed by atoms with E-state index in [4.69, 9.17) is 9.47 Å². The minimum Gasteiger partial charge on any atom is -0.454 e. The van der Waals surface area contributed by atoms with Crippen LogP contribution in [0.3, 0.4) is 0 Å². The minimum atomic E-state index is 0.00194. The number of hydrogen-bond acceptors (Lipinski definition) is 3. The van der Waals surface area contributed by atoms with Gasteiger partial charge in [-0.2, -0.15) is 0 Å². The van der Waals surface area contributed by atoms with Gasteiger partial charge in [-0.3, -0.25) is 0 Å². The summed E-state index contributed by atoms with van der Waals surface area (Å²) in [6.45, 7) is 2.36. The van der Waals surface area contributed by atoms with E-state index in [0.717, 1.165) is 36.6 Å². The molecule has 2 aliphatic rings. The fourth-order valence-electron chi connectivity index (χ4n) is 3.27. The molecule has 2 aromatic carbocycles. The molecule has 2 heterocycles. The van der Waals surface area contributed by atoms with Crippen molar-refractivity contribution >= 4 is 6.03 Å². The van der Waals surface area contributed by atoms with Gasteiger partial charge in [-0.15, -0.1) is 0 Å². The number of nitrogens with zero attached hydrogens (tertiary/aromatic N) is 1. The zero-order chi connectivity index (χ0) is 16.4. The summed E-state index contributed by atoms with van der Waals surface area (Å²) in [5.74, 6) is 1.95. The Hall–Kier alpha value is -2.69. The Morgan fingerprint density at radius 2 is 1.96 bits per heavy atom. The second-order valence-electron chi connectivity index (χ2n) is 6.19. The van der Waals surface area contributed by atoms with Crippen molar-refractivity contribution < 1.29 is 14.3 Å². The van der Waals surface area contributed by atoms with Gasteiger partial charge >= 0.3 is 6.03 Å². The largest absolute Gasteiger partial charge is 0.454 e. The molecule has 1 unspecified atom stereocenters. The summed E-state index contributed by atoms with van der Waals surface area (Å²) in [5, 5.41) is 3.00. The van der Waals surface area contributed by atoms with Gasteiger partial charge < -0.3 is 19.7 Å². The minimum absolute atomic E-state index is 0.00194. The molecule has 0 aromatic heterocycles. The van der Waals surface area contributed by atoms with Gasteiger partial charge in [-0.05, 0) is 29.7 Å². The molecule has 0 aliphatic carbocycles. The van der Waals surface area contributed by atoms with E-state index < -0.39 is 0 Å². The summed E-state index contributed by atoms with van der Waals surface area (Å²) < 4.78 is 10.8. The van der Waals surface area contributed by atoms with E-state index >= 15 is 0 Å². The van der Waals surface area contributed by atoms with Gasteiger partial charge in [0.1, 0.15) is 0 Å². The predicted octanol–water partition coefficient (Wildman–Crippen LogP) is 3.11. The summed E-state index contributed by atoms with van der Waals surface area (Å²) in [7, 11) is 0. The second-order valence-corrected chi connectivity index (χ2v) is 6.19. The standard InChI is InChI=1S/C19H20N2O3/c22-19(20-11-14-4-2-1-3-5-14)21-9-8-16(12-21)15-6-7-17-18(10-15)24-13-23-17/h1-7,10,16H,8-9,11-13H2,(H,20,22). The lowest BCUT2D eigenvalue weighted by atomic mass is 9.98. The van der Waals surface area contributed by atoms with Crippen LogP contribution in [0.5, 0.6) is 11.5 Å². The molecular formula is C19H20N2O3. The molecule has 24 heavy (non-hydrogen) atoms. The third-order valence-corrected chi connectivity index (χ3v) is 4.63. The number of carbonyl (C=O) groups is 1. The van der Waals surface area contributed by atoms with Crippen LogP contribution >= 0.6 is 0 Å². The second kappa shape index (κ2) is 6.43. The average molecular weight is 324 g/mol. The zero-order valence-electron chi connectivity index (χ0n) is 13.4. The van der Waals surface area contributed by atoms with Crippen molar-refractivity contribution in [1.29, 1.82) is 0 Å². The Morgan fingerprint density at radius 3 is 2.83 bits per heavy atom. The average Bonchev–Trinajstić information content (AvgIpc) is 3.29. The fourth-order valence-corrected chi connectivity index (χ4v) is 3.27. The van der Waals surface area contributed by atoms with Crippen molar-refractivity contribution in [3.63, 3.8) is 0 Å². The smallest absolute Gasteiger partial charge is 0.317 e. The van der Waals surface area contributed by atoms with Crippen molar-refractivity contribution in [2.45, 2.75) is 18.9 Å². The van der Waals surface area contributed by atoms with Gasteiger partial charge in [0.25, 0.3) is 0 Å². The van der Waals surface area contributed by atoms with E-state index in [1.165, 1.54) is 5.56 Å². The van der Waals surface area contributed by atoms with Crippen LogP contribution in [-0.4, -0.2) is 30.8 Å². The molecule has 0 bridgehead atoms. The summed E-state index contributed by atoms with van der Waals surface area (Å²) in [4.78, 5) is 14.2. The maximum absolute atomic E-state index is 12.4. The Bertz CT molecular complexity index is 733. The molecule has 5 nitrogen and oxygen atoms in total. The van der Waals surface area contributed by atoms with Gasteiger partial charge in [0.05, 0.1) is 0 Å². The molecular weight excluding hydrogens is 304 g/mol. The number of nitrogens with one attached hydrogen (secondary N) is 1. The van der Waals surface area contributed by atoms with Crippen molar-refractivity contribution in [2.75, 3.05) is 19.9 Å². The number of fused-ring (bicyclic) bond motifs is 1. The molecule has 1 fully saturated rings. The predicted molar refractivity (Wildman–Crippen MR) is 90.2 cm³/mol. The molecule has 5 heteroatoms. The molecule has 0 spiro atoms. The van der Waals surface area contributed by atoms with Gasteiger partial charge in [-0.1, -0.05) is 36.4 Å².